The van der Waals surface area contributed by atoms with Crippen molar-refractivity contribution in [3.8, 4) is 11.6 Å². The van der Waals surface area contributed by atoms with Gasteiger partial charge in [0.1, 0.15) is 5.56 Å². The van der Waals surface area contributed by atoms with Gasteiger partial charge in [0.2, 0.25) is 5.88 Å². The molecule has 8 aliphatic rings. The number of halogens is 1. The molecule has 8 saturated carbocycles. The Kier molecular flexibility index (Phi) is 6.31. The average Bonchev–Trinajstić information content (AvgIpc) is 2.97. The van der Waals surface area contributed by atoms with Crippen molar-refractivity contribution in [2.24, 2.45) is 40.5 Å². The van der Waals surface area contributed by atoms with Crippen molar-refractivity contribution in [3.05, 3.63) is 84.0 Å². The standard InChI is InChI=1S/C38H42BrN3O3/c1-21-6-28(37-14-22-7-23(15-37)9-24(8-22)16-37)2-4-32(21)40-20-30-34(43)41-36(45)42(35(30)44)33-5-3-29(13-31(33)39)38-17-25-10-26(18-38)12-27(11-25)19-38/h2-6,13,20,22-27,44H,7-12,14-19H2,1H3,(H,41,43,45). The Morgan fingerprint density at radius 2 is 1.29 bits per heavy atom. The van der Waals surface area contributed by atoms with Gasteiger partial charge in [0.15, 0.2) is 0 Å². The fourth-order valence-corrected chi connectivity index (χ4v) is 12.6. The lowest BCUT2D eigenvalue weighted by atomic mass is 9.48. The fraction of sp³-hybridized carbons (Fsp3) is 0.553. The van der Waals surface area contributed by atoms with Crippen LogP contribution in [0.25, 0.3) is 5.69 Å². The molecule has 6 nitrogen and oxygen atoms in total. The highest BCUT2D eigenvalue weighted by atomic mass is 79.9. The molecule has 3 aromatic rings. The number of aryl methyl sites for hydroxylation is 1. The number of H-pyrrole nitrogens is 1. The number of aromatic amines is 1. The zero-order valence-corrected chi connectivity index (χ0v) is 27.6. The summed E-state index contributed by atoms with van der Waals surface area (Å²) in [5.74, 6) is 4.74. The molecule has 11 rings (SSSR count). The largest absolute Gasteiger partial charge is 0.493 e. The topological polar surface area (TPSA) is 87.4 Å². The van der Waals surface area contributed by atoms with E-state index >= 15 is 0 Å². The first-order chi connectivity index (χ1) is 21.7. The second-order valence-corrected chi connectivity index (χ2v) is 17.0. The molecule has 45 heavy (non-hydrogen) atoms. The number of hydrogen-bond acceptors (Lipinski definition) is 4. The molecule has 8 aliphatic carbocycles. The van der Waals surface area contributed by atoms with Crippen LogP contribution >= 0.6 is 15.9 Å². The van der Waals surface area contributed by atoms with Gasteiger partial charge < -0.3 is 5.11 Å². The summed E-state index contributed by atoms with van der Waals surface area (Å²) in [5.41, 5.74) is 4.27. The van der Waals surface area contributed by atoms with E-state index < -0.39 is 17.1 Å². The molecule has 8 fully saturated rings. The molecule has 0 radical (unpaired) electrons. The molecule has 0 saturated heterocycles. The lowest BCUT2D eigenvalue weighted by Crippen LogP contribution is -2.48. The number of nitrogens with zero attached hydrogens (tertiary/aromatic N) is 2. The van der Waals surface area contributed by atoms with Crippen molar-refractivity contribution in [2.45, 2.75) is 94.8 Å². The second kappa shape index (κ2) is 10.0. The highest BCUT2D eigenvalue weighted by molar-refractivity contribution is 9.10. The maximum Gasteiger partial charge on any atom is 0.335 e. The lowest BCUT2D eigenvalue weighted by molar-refractivity contribution is -0.00533. The van der Waals surface area contributed by atoms with Crippen LogP contribution in [0.1, 0.15) is 99.3 Å². The van der Waals surface area contributed by atoms with Crippen molar-refractivity contribution >= 4 is 27.8 Å². The van der Waals surface area contributed by atoms with Gasteiger partial charge in [-0.15, -0.1) is 0 Å². The third-order valence-corrected chi connectivity index (χ3v) is 13.8. The Bertz CT molecular complexity index is 1800. The van der Waals surface area contributed by atoms with E-state index in [0.29, 0.717) is 11.1 Å². The fourth-order valence-electron chi connectivity index (χ4n) is 12.1. The molecule has 0 aliphatic heterocycles. The molecule has 7 heteroatoms. The Balaban J connectivity index is 1.02. The van der Waals surface area contributed by atoms with E-state index in [1.165, 1.54) is 99.0 Å². The first kappa shape index (κ1) is 28.3. The number of aliphatic imine (C=N–C) groups is 1. The normalized spacial score (nSPS) is 36.0. The average molecular weight is 669 g/mol. The van der Waals surface area contributed by atoms with Gasteiger partial charge in [0, 0.05) is 10.7 Å². The highest BCUT2D eigenvalue weighted by Gasteiger charge is 2.52. The minimum Gasteiger partial charge on any atom is -0.493 e. The number of hydrogen-bond donors (Lipinski definition) is 2. The minimum absolute atomic E-state index is 0.0313. The van der Waals surface area contributed by atoms with E-state index in [4.69, 9.17) is 0 Å². The summed E-state index contributed by atoms with van der Waals surface area (Å²) in [4.78, 5) is 33.1. The summed E-state index contributed by atoms with van der Waals surface area (Å²) in [7, 11) is 0. The van der Waals surface area contributed by atoms with E-state index in [2.05, 4.69) is 63.2 Å². The molecule has 0 unspecified atom stereocenters. The van der Waals surface area contributed by atoms with Gasteiger partial charge in [0.25, 0.3) is 5.56 Å². The molecule has 8 bridgehead atoms. The first-order valence-corrected chi connectivity index (χ1v) is 18.0. The smallest absolute Gasteiger partial charge is 0.335 e. The minimum atomic E-state index is -0.672. The van der Waals surface area contributed by atoms with Crippen molar-refractivity contribution in [2.75, 3.05) is 0 Å². The second-order valence-electron chi connectivity index (χ2n) is 16.2. The number of aromatic hydroxyl groups is 1. The first-order valence-electron chi connectivity index (χ1n) is 17.2. The van der Waals surface area contributed by atoms with Gasteiger partial charge >= 0.3 is 5.69 Å². The van der Waals surface area contributed by atoms with Crippen LogP contribution in [0.2, 0.25) is 0 Å². The van der Waals surface area contributed by atoms with E-state index in [9.17, 15) is 14.7 Å². The van der Waals surface area contributed by atoms with Crippen LogP contribution < -0.4 is 11.2 Å². The zero-order valence-electron chi connectivity index (χ0n) is 26.0. The van der Waals surface area contributed by atoms with Gasteiger partial charge in [-0.2, -0.15) is 0 Å². The van der Waals surface area contributed by atoms with Crippen molar-refractivity contribution in [1.82, 2.24) is 9.55 Å². The van der Waals surface area contributed by atoms with Gasteiger partial charge in [-0.05, 0) is 181 Å². The Labute approximate surface area is 272 Å². The van der Waals surface area contributed by atoms with Crippen LogP contribution in [0.3, 0.4) is 0 Å². The predicted octanol–water partition coefficient (Wildman–Crippen LogP) is 7.99. The molecule has 0 amide bonds. The molecule has 2 N–H and O–H groups in total. The number of benzene rings is 2. The quantitative estimate of drug-likeness (QED) is 0.270. The van der Waals surface area contributed by atoms with E-state index in [-0.39, 0.29) is 11.0 Å². The molecule has 2 aromatic carbocycles. The van der Waals surface area contributed by atoms with Gasteiger partial charge in [-0.25, -0.2) is 9.36 Å². The molecule has 1 heterocycles. The monoisotopic (exact) mass is 667 g/mol. The van der Waals surface area contributed by atoms with Gasteiger partial charge in [-0.1, -0.05) is 18.2 Å². The predicted molar refractivity (Wildman–Crippen MR) is 180 cm³/mol. The maximum atomic E-state index is 13.1. The van der Waals surface area contributed by atoms with Crippen LogP contribution in [0, 0.1) is 42.4 Å². The summed E-state index contributed by atoms with van der Waals surface area (Å²) in [6, 6.07) is 12.8. The summed E-state index contributed by atoms with van der Waals surface area (Å²) in [5, 5.41) is 11.3. The third-order valence-electron chi connectivity index (χ3n) is 13.1. The van der Waals surface area contributed by atoms with Crippen molar-refractivity contribution < 1.29 is 5.11 Å². The van der Waals surface area contributed by atoms with Crippen LogP contribution in [-0.2, 0) is 10.8 Å². The van der Waals surface area contributed by atoms with Crippen LogP contribution in [-0.4, -0.2) is 20.9 Å². The van der Waals surface area contributed by atoms with Crippen molar-refractivity contribution in [1.29, 1.82) is 0 Å². The number of aromatic nitrogens is 2. The summed E-state index contributed by atoms with van der Waals surface area (Å²) >= 11 is 3.73. The van der Waals surface area contributed by atoms with E-state index in [1.54, 1.807) is 0 Å². The number of rotatable bonds is 5. The van der Waals surface area contributed by atoms with Gasteiger partial charge in [-0.3, -0.25) is 14.8 Å². The Morgan fingerprint density at radius 3 is 1.78 bits per heavy atom. The van der Waals surface area contributed by atoms with E-state index in [1.807, 2.05) is 6.07 Å². The Hall–Kier alpha value is -2.93. The SMILES string of the molecule is Cc1cc(C23CC4CC(CC(C4)C2)C3)ccc1N=Cc1c(O)n(-c2ccc(C34CC5CC(CC(C5)C3)C4)cc2Br)c(=O)[nH]c1=O. The molecular weight excluding hydrogens is 626 g/mol. The third kappa shape index (κ3) is 4.50. The summed E-state index contributed by atoms with van der Waals surface area (Å²) in [6.45, 7) is 2.07. The highest BCUT2D eigenvalue weighted by Crippen LogP contribution is 2.62. The summed E-state index contributed by atoms with van der Waals surface area (Å²) in [6.07, 6.45) is 17.5. The molecule has 234 valence electrons. The van der Waals surface area contributed by atoms with E-state index in [0.717, 1.165) is 51.2 Å². The molecule has 0 atom stereocenters. The summed E-state index contributed by atoms with van der Waals surface area (Å²) < 4.78 is 1.92. The van der Waals surface area contributed by atoms with Crippen LogP contribution in [0.4, 0.5) is 5.69 Å². The van der Waals surface area contributed by atoms with Crippen molar-refractivity contribution in [3.63, 3.8) is 0 Å². The molecule has 0 spiro atoms. The van der Waals surface area contributed by atoms with Gasteiger partial charge in [0.05, 0.1) is 11.4 Å². The van der Waals surface area contributed by atoms with Crippen LogP contribution in [0.15, 0.2) is 55.5 Å². The molecule has 1 aromatic heterocycles. The number of nitrogens with one attached hydrogen (secondary N) is 1. The maximum absolute atomic E-state index is 13.1. The Morgan fingerprint density at radius 1 is 0.800 bits per heavy atom. The lowest BCUT2D eigenvalue weighted by Gasteiger charge is -2.57. The molecular formula is C38H42BrN3O3. The zero-order chi connectivity index (χ0) is 30.7. The van der Waals surface area contributed by atoms with Crippen LogP contribution in [0.5, 0.6) is 5.88 Å².